The number of carbonyl (C=O) groups excluding carboxylic acids is 1. The van der Waals surface area contributed by atoms with E-state index in [-0.39, 0.29) is 5.78 Å². The number of Topliss-reactive ketones (excluding diaryl/α,β-unsaturated/α-hetero) is 1. The number of benzene rings is 7. The molecule has 0 saturated carbocycles. The number of nitrogens with zero attached hydrogens (tertiary/aromatic N) is 18. The van der Waals surface area contributed by atoms with Crippen LogP contribution in [-0.2, 0) is 0 Å². The quantitative estimate of drug-likeness (QED) is 0.0167. The molecule has 7 aromatic carbocycles. The van der Waals surface area contributed by atoms with Gasteiger partial charge in [0.1, 0.15) is 70.8 Å². The summed E-state index contributed by atoms with van der Waals surface area (Å²) in [5, 5.41) is 74.7. The fourth-order valence-electron chi connectivity index (χ4n) is 12.4. The molecule has 123 heavy (non-hydrogen) atoms. The van der Waals surface area contributed by atoms with Gasteiger partial charge in [-0.15, -0.1) is 0 Å². The van der Waals surface area contributed by atoms with Gasteiger partial charge < -0.3 is 56.7 Å². The zero-order valence-corrected chi connectivity index (χ0v) is 67.1. The van der Waals surface area contributed by atoms with E-state index in [1.54, 1.807) is 114 Å². The third-order valence-electron chi connectivity index (χ3n) is 18.5. The van der Waals surface area contributed by atoms with E-state index in [0.717, 1.165) is 89.1 Å². The van der Waals surface area contributed by atoms with Crippen LogP contribution in [0.1, 0.15) is 45.1 Å². The molecule has 0 fully saturated rings. The van der Waals surface area contributed by atoms with Gasteiger partial charge in [0, 0.05) is 139 Å². The van der Waals surface area contributed by atoms with Gasteiger partial charge in [-0.1, -0.05) is 78.9 Å². The molecule has 0 aliphatic carbocycles. The first-order chi connectivity index (χ1) is 60.4. The molecule has 0 unspecified atom stereocenters. The Kier molecular flexibility index (Phi) is 28.5. The number of hydrogen-bond acceptors (Lipinski definition) is 30. The van der Waals surface area contributed by atoms with Crippen molar-refractivity contribution < 1.29 is 19.0 Å². The molecule has 0 amide bonds. The van der Waals surface area contributed by atoms with Crippen molar-refractivity contribution in [1.29, 1.82) is 26.3 Å². The molecule has 0 radical (unpaired) electrons. The summed E-state index contributed by atoms with van der Waals surface area (Å²) in [5.74, 6) is 9.64. The van der Waals surface area contributed by atoms with Crippen LogP contribution in [0, 0.1) is 56.7 Å². The predicted molar refractivity (Wildman–Crippen MR) is 476 cm³/mol. The van der Waals surface area contributed by atoms with Crippen molar-refractivity contribution in [2.75, 3.05) is 116 Å². The molecule has 9 aromatic heterocycles. The number of ether oxygens (including phenoxy) is 3. The monoisotopic (exact) mass is 1620 g/mol. The smallest absolute Gasteiger partial charge is 0.203 e. The number of aromatic nitrogens is 13. The maximum absolute atomic E-state index is 11.8. The molecule has 0 aliphatic heterocycles. The summed E-state index contributed by atoms with van der Waals surface area (Å²) in [5.41, 5.74) is 9.85. The Hall–Kier alpha value is -17.4. The normalized spacial score (nSPS) is 10.4. The van der Waals surface area contributed by atoms with E-state index in [1.807, 2.05) is 152 Å². The highest BCUT2D eigenvalue weighted by Gasteiger charge is 2.19. The van der Waals surface area contributed by atoms with Crippen LogP contribution in [0.4, 0.5) is 46.5 Å². The maximum Gasteiger partial charge on any atom is 0.203 e. The second kappa shape index (κ2) is 41.9. The van der Waals surface area contributed by atoms with Gasteiger partial charge >= 0.3 is 0 Å². The Labute approximate surface area is 707 Å². The number of fused-ring (bicyclic) bond motifs is 4. The summed E-state index contributed by atoms with van der Waals surface area (Å²) in [6, 6.07) is 77.8. The van der Waals surface area contributed by atoms with Crippen LogP contribution < -0.4 is 56.7 Å². The molecule has 0 bridgehead atoms. The Balaban J connectivity index is 0.000000141. The summed E-state index contributed by atoms with van der Waals surface area (Å²) in [7, 11) is 4.71. The number of methoxy groups -OCH3 is 3. The van der Waals surface area contributed by atoms with Crippen molar-refractivity contribution in [2.45, 2.75) is 6.92 Å². The molecule has 30 nitrogen and oxygen atoms in total. The SMILES string of the molecule is CC(=O)c1cccc(-c2nc(NCCNc3ccc(C#N)cn3)c3ccccc3n2)c1.COc1cc(-c2nc(NCCNc3ccc(C#N)cn3)c3ccccc3n2)cc(OC)c1OC.N#Cc1ccc(NCCNc2nc(-c3cccc(C#N)c3)nc3ccccc23)nc1.N#Cc1ccc(NCCNc2nc(-c3cccnc3)nc3ccccc23)nc1. The Bertz CT molecular complexity index is 6570. The number of nitrogens with one attached hydrogen (secondary N) is 8. The lowest BCUT2D eigenvalue weighted by molar-refractivity contribution is 0.101. The number of carbonyl (C=O) groups is 1. The van der Waals surface area contributed by atoms with Gasteiger partial charge in [0.2, 0.25) is 5.75 Å². The lowest BCUT2D eigenvalue weighted by atomic mass is 10.1. The van der Waals surface area contributed by atoms with E-state index in [9.17, 15) is 10.1 Å². The second-order valence-corrected chi connectivity index (χ2v) is 26.7. The van der Waals surface area contributed by atoms with Crippen molar-refractivity contribution >= 4 is 95.9 Å². The zero-order valence-electron chi connectivity index (χ0n) is 67.1. The van der Waals surface area contributed by atoms with Crippen molar-refractivity contribution in [3.05, 3.63) is 289 Å². The number of ketones is 1. The topological polar surface area (TPSA) is 428 Å². The predicted octanol–water partition coefficient (Wildman–Crippen LogP) is 15.8. The zero-order chi connectivity index (χ0) is 85.5. The molecule has 30 heteroatoms. The maximum atomic E-state index is 11.8. The first-order valence-corrected chi connectivity index (χ1v) is 38.7. The third kappa shape index (κ3) is 22.2. The van der Waals surface area contributed by atoms with Gasteiger partial charge in [-0.25, -0.2) is 59.8 Å². The van der Waals surface area contributed by atoms with Crippen LogP contribution in [0.2, 0.25) is 0 Å². The summed E-state index contributed by atoms with van der Waals surface area (Å²) in [6.45, 7) is 6.50. The standard InChI is InChI=1S/C25H24N6O3.C24H20N6O.C23H17N7.C21H17N7/c1-32-20-12-17(13-21(33-2)23(20)34-3)24-30-19-7-5-4-6-18(19)25(31-24)28-11-10-27-22-9-8-16(14-26)15-29-22;1-16(31)18-5-4-6-19(13-18)23-29-21-8-3-2-7-20(21)24(30-23)27-12-11-26-22-10-9-17(14-25)15-28-22;24-13-16-4-3-5-18(12-16)22-29-20-7-2-1-6-19(20)23(30-22)27-11-10-26-21-9-8-17(14-25)15-28-21;22-12-15-7-8-19(26-13-15)24-10-11-25-21-17-5-1-2-6-18(17)27-20(28-21)16-4-3-9-23-14-16/h4-9,12-13,15H,10-11H2,1-3H3,(H,27,29)(H,28,30,31);2-10,13,15H,11-12H2,1H3,(H,26,28)(H,27,29,30);1-9,12,15H,10-11H2,(H,26,28)(H,27,29,30);1-9,13-14H,10-11H2,(H,24,26)(H,25,27,28). The molecular formula is C93H78N26O4. The van der Waals surface area contributed by atoms with Crippen LogP contribution in [0.3, 0.4) is 0 Å². The van der Waals surface area contributed by atoms with Gasteiger partial charge in [0.05, 0.1) is 77.3 Å². The Morgan fingerprint density at radius 2 is 0.634 bits per heavy atom. The van der Waals surface area contributed by atoms with Crippen molar-refractivity contribution in [1.82, 2.24) is 64.8 Å². The van der Waals surface area contributed by atoms with E-state index >= 15 is 0 Å². The molecule has 9 heterocycles. The number of nitriles is 5. The molecule has 0 spiro atoms. The van der Waals surface area contributed by atoms with E-state index in [1.165, 1.54) is 18.6 Å². The first-order valence-electron chi connectivity index (χ1n) is 38.7. The van der Waals surface area contributed by atoms with E-state index < -0.39 is 0 Å². The lowest BCUT2D eigenvalue weighted by Crippen LogP contribution is -2.15. The summed E-state index contributed by atoms with van der Waals surface area (Å²) in [4.78, 5) is 70.4. The minimum atomic E-state index is 0.00322. The van der Waals surface area contributed by atoms with Gasteiger partial charge in [-0.2, -0.15) is 26.3 Å². The van der Waals surface area contributed by atoms with Crippen LogP contribution in [0.5, 0.6) is 17.2 Å². The van der Waals surface area contributed by atoms with Gasteiger partial charge in [-0.05, 0) is 146 Å². The highest BCUT2D eigenvalue weighted by molar-refractivity contribution is 5.96. The largest absolute Gasteiger partial charge is 0.493 e. The van der Waals surface area contributed by atoms with Crippen molar-refractivity contribution in [3.8, 4) is 93.1 Å². The number of pyridine rings is 5. The minimum Gasteiger partial charge on any atom is -0.493 e. The van der Waals surface area contributed by atoms with Crippen molar-refractivity contribution in [3.63, 3.8) is 0 Å². The first kappa shape index (κ1) is 83.5. The summed E-state index contributed by atoms with van der Waals surface area (Å²) < 4.78 is 16.4. The molecule has 0 aliphatic rings. The number of anilines is 8. The van der Waals surface area contributed by atoms with E-state index in [0.29, 0.717) is 150 Å². The van der Waals surface area contributed by atoms with E-state index in [4.69, 9.17) is 60.2 Å². The van der Waals surface area contributed by atoms with Gasteiger partial charge in [0.15, 0.2) is 40.6 Å². The third-order valence-corrected chi connectivity index (χ3v) is 18.5. The van der Waals surface area contributed by atoms with Crippen LogP contribution in [0.25, 0.3) is 89.2 Å². The van der Waals surface area contributed by atoms with Gasteiger partial charge in [-0.3, -0.25) is 9.78 Å². The van der Waals surface area contributed by atoms with Crippen LogP contribution >= 0.6 is 0 Å². The second-order valence-electron chi connectivity index (χ2n) is 26.7. The molecule has 8 N–H and O–H groups in total. The van der Waals surface area contributed by atoms with Crippen molar-refractivity contribution in [2.24, 2.45) is 0 Å². The van der Waals surface area contributed by atoms with Crippen LogP contribution in [0.15, 0.2) is 256 Å². The molecular weight excluding hydrogens is 1550 g/mol. The molecule has 0 saturated heterocycles. The molecule has 16 rings (SSSR count). The summed E-state index contributed by atoms with van der Waals surface area (Å²) in [6.07, 6.45) is 9.65. The molecule has 0 atom stereocenters. The Morgan fingerprint density at radius 3 is 0.951 bits per heavy atom. The molecule has 604 valence electrons. The van der Waals surface area contributed by atoms with Crippen LogP contribution in [-0.4, -0.2) is 144 Å². The highest BCUT2D eigenvalue weighted by atomic mass is 16.5. The van der Waals surface area contributed by atoms with E-state index in [2.05, 4.69) is 113 Å². The average molecular weight is 1620 g/mol. The fraction of sp³-hybridized carbons (Fsp3) is 0.129. The minimum absolute atomic E-state index is 0.00322. The number of para-hydroxylation sites is 4. The Morgan fingerprint density at radius 1 is 0.309 bits per heavy atom. The number of hydrogen-bond donors (Lipinski definition) is 8. The summed E-state index contributed by atoms with van der Waals surface area (Å²) >= 11 is 0. The number of rotatable bonds is 28. The average Bonchev–Trinajstić information content (AvgIpc) is 0.761. The highest BCUT2D eigenvalue weighted by Crippen LogP contribution is 2.41. The molecule has 16 aromatic rings. The van der Waals surface area contributed by atoms with Gasteiger partial charge in [0.25, 0.3) is 0 Å². The lowest BCUT2D eigenvalue weighted by Gasteiger charge is -2.15. The fourth-order valence-corrected chi connectivity index (χ4v) is 12.4.